The van der Waals surface area contributed by atoms with Gasteiger partial charge in [0.15, 0.2) is 0 Å². The first-order valence-electron chi connectivity index (χ1n) is 6.78. The van der Waals surface area contributed by atoms with Gasteiger partial charge in [0.05, 0.1) is 4.88 Å². The second-order valence-corrected chi connectivity index (χ2v) is 5.60. The average Bonchev–Trinajstić information content (AvgIpc) is 2.96. The number of thiophene rings is 1. The lowest BCUT2D eigenvalue weighted by Crippen LogP contribution is -2.29. The summed E-state index contributed by atoms with van der Waals surface area (Å²) in [4.78, 5) is 36.0. The second-order valence-electron chi connectivity index (χ2n) is 4.65. The van der Waals surface area contributed by atoms with Crippen molar-refractivity contribution in [1.82, 2.24) is 10.2 Å². The van der Waals surface area contributed by atoms with Gasteiger partial charge in [-0.3, -0.25) is 14.4 Å². The van der Waals surface area contributed by atoms with Gasteiger partial charge in [0.25, 0.3) is 5.91 Å². The molecular formula is C14H20N2O4S. The van der Waals surface area contributed by atoms with Crippen LogP contribution in [0.5, 0.6) is 0 Å². The third-order valence-electron chi connectivity index (χ3n) is 2.91. The second kappa shape index (κ2) is 9.12. The minimum absolute atomic E-state index is 0.0363. The van der Waals surface area contributed by atoms with E-state index in [0.29, 0.717) is 37.2 Å². The molecule has 2 amide bonds. The molecule has 1 heterocycles. The maximum atomic E-state index is 11.8. The molecule has 2 N–H and O–H groups in total. The van der Waals surface area contributed by atoms with Crippen LogP contribution in [0.15, 0.2) is 17.5 Å². The Morgan fingerprint density at radius 2 is 2.05 bits per heavy atom. The molecule has 0 unspecified atom stereocenters. The monoisotopic (exact) mass is 312 g/mol. The number of carbonyl (C=O) groups excluding carboxylic acids is 2. The third-order valence-corrected chi connectivity index (χ3v) is 3.78. The van der Waals surface area contributed by atoms with Crippen molar-refractivity contribution in [2.75, 3.05) is 20.1 Å². The average molecular weight is 312 g/mol. The van der Waals surface area contributed by atoms with E-state index in [1.54, 1.807) is 13.1 Å². The highest BCUT2D eigenvalue weighted by molar-refractivity contribution is 7.12. The van der Waals surface area contributed by atoms with Gasteiger partial charge in [0.1, 0.15) is 0 Å². The van der Waals surface area contributed by atoms with Crippen LogP contribution in [0, 0.1) is 0 Å². The fourth-order valence-electron chi connectivity index (χ4n) is 1.72. The van der Waals surface area contributed by atoms with Crippen molar-refractivity contribution < 1.29 is 19.5 Å². The topological polar surface area (TPSA) is 86.7 Å². The van der Waals surface area contributed by atoms with Crippen molar-refractivity contribution in [3.05, 3.63) is 22.4 Å². The number of rotatable bonds is 9. The van der Waals surface area contributed by atoms with Crippen molar-refractivity contribution >= 4 is 29.1 Å². The number of aliphatic carboxylic acids is 1. The zero-order chi connectivity index (χ0) is 15.7. The van der Waals surface area contributed by atoms with Gasteiger partial charge >= 0.3 is 5.97 Å². The summed E-state index contributed by atoms with van der Waals surface area (Å²) in [5.74, 6) is -1.01. The SMILES string of the molecule is CN(CCCC(=O)O)C(=O)CCCNC(=O)c1cccs1. The summed E-state index contributed by atoms with van der Waals surface area (Å²) in [6, 6.07) is 3.57. The Morgan fingerprint density at radius 3 is 2.67 bits per heavy atom. The highest BCUT2D eigenvalue weighted by Gasteiger charge is 2.10. The third kappa shape index (κ3) is 6.89. The Hall–Kier alpha value is -1.89. The summed E-state index contributed by atoms with van der Waals surface area (Å²) in [5.41, 5.74) is 0. The predicted molar refractivity (Wildman–Crippen MR) is 80.4 cm³/mol. The number of carboxylic acids is 1. The molecule has 0 aliphatic rings. The van der Waals surface area contributed by atoms with E-state index >= 15 is 0 Å². The summed E-state index contributed by atoms with van der Waals surface area (Å²) in [6.07, 6.45) is 1.43. The number of carbonyl (C=O) groups is 3. The van der Waals surface area contributed by atoms with Gasteiger partial charge in [0.2, 0.25) is 5.91 Å². The fraction of sp³-hybridized carbons (Fsp3) is 0.500. The van der Waals surface area contributed by atoms with Gasteiger partial charge in [0, 0.05) is 33.0 Å². The zero-order valence-electron chi connectivity index (χ0n) is 12.0. The van der Waals surface area contributed by atoms with Crippen molar-refractivity contribution in [1.29, 1.82) is 0 Å². The normalized spacial score (nSPS) is 10.1. The van der Waals surface area contributed by atoms with E-state index in [9.17, 15) is 14.4 Å². The van der Waals surface area contributed by atoms with E-state index in [1.807, 2.05) is 11.4 Å². The lowest BCUT2D eigenvalue weighted by Gasteiger charge is -2.16. The number of nitrogens with zero attached hydrogens (tertiary/aromatic N) is 1. The van der Waals surface area contributed by atoms with Gasteiger partial charge in [-0.1, -0.05) is 6.07 Å². The van der Waals surface area contributed by atoms with Crippen LogP contribution in [-0.4, -0.2) is 47.9 Å². The van der Waals surface area contributed by atoms with Gasteiger partial charge in [-0.2, -0.15) is 0 Å². The Morgan fingerprint density at radius 1 is 1.29 bits per heavy atom. The van der Waals surface area contributed by atoms with Crippen LogP contribution in [0.3, 0.4) is 0 Å². The van der Waals surface area contributed by atoms with E-state index in [-0.39, 0.29) is 18.2 Å². The lowest BCUT2D eigenvalue weighted by atomic mass is 10.2. The summed E-state index contributed by atoms with van der Waals surface area (Å²) in [6.45, 7) is 0.887. The van der Waals surface area contributed by atoms with Crippen LogP contribution < -0.4 is 5.32 Å². The maximum Gasteiger partial charge on any atom is 0.303 e. The van der Waals surface area contributed by atoms with Crippen LogP contribution in [-0.2, 0) is 9.59 Å². The summed E-state index contributed by atoms with van der Waals surface area (Å²) in [7, 11) is 1.66. The smallest absolute Gasteiger partial charge is 0.303 e. The van der Waals surface area contributed by atoms with Gasteiger partial charge in [-0.15, -0.1) is 11.3 Å². The van der Waals surface area contributed by atoms with Crippen molar-refractivity contribution in [2.24, 2.45) is 0 Å². The summed E-state index contributed by atoms with van der Waals surface area (Å²) < 4.78 is 0. The molecule has 0 aliphatic carbocycles. The Balaban J connectivity index is 2.12. The number of nitrogens with one attached hydrogen (secondary N) is 1. The van der Waals surface area contributed by atoms with Crippen molar-refractivity contribution in [3.63, 3.8) is 0 Å². The van der Waals surface area contributed by atoms with Gasteiger partial charge in [-0.05, 0) is 24.3 Å². The summed E-state index contributed by atoms with van der Waals surface area (Å²) in [5, 5.41) is 13.1. The van der Waals surface area contributed by atoms with E-state index in [0.717, 1.165) is 0 Å². The highest BCUT2D eigenvalue weighted by atomic mass is 32.1. The van der Waals surface area contributed by atoms with Crippen LogP contribution in [0.25, 0.3) is 0 Å². The van der Waals surface area contributed by atoms with E-state index in [2.05, 4.69) is 5.32 Å². The van der Waals surface area contributed by atoms with Crippen LogP contribution in [0.2, 0.25) is 0 Å². The molecular weight excluding hydrogens is 292 g/mol. The number of amides is 2. The molecule has 1 aromatic heterocycles. The Bertz CT molecular complexity index is 473. The molecule has 0 spiro atoms. The molecule has 116 valence electrons. The standard InChI is InChI=1S/C14H20N2O4S/c1-16(9-3-7-13(18)19)12(17)6-2-8-15-14(20)11-5-4-10-21-11/h4-5,10H,2-3,6-9H2,1H3,(H,15,20)(H,18,19). The molecule has 0 radical (unpaired) electrons. The Labute approximate surface area is 127 Å². The van der Waals surface area contributed by atoms with E-state index < -0.39 is 5.97 Å². The molecule has 7 heteroatoms. The minimum Gasteiger partial charge on any atom is -0.481 e. The molecule has 1 aromatic rings. The molecule has 0 saturated heterocycles. The molecule has 0 aromatic carbocycles. The number of hydrogen-bond donors (Lipinski definition) is 2. The molecule has 0 fully saturated rings. The predicted octanol–water partition coefficient (Wildman–Crippen LogP) is 1.58. The van der Waals surface area contributed by atoms with Crippen LogP contribution >= 0.6 is 11.3 Å². The summed E-state index contributed by atoms with van der Waals surface area (Å²) >= 11 is 1.38. The van der Waals surface area contributed by atoms with Crippen molar-refractivity contribution in [3.8, 4) is 0 Å². The highest BCUT2D eigenvalue weighted by Crippen LogP contribution is 2.07. The van der Waals surface area contributed by atoms with Gasteiger partial charge < -0.3 is 15.3 Å². The number of hydrogen-bond acceptors (Lipinski definition) is 4. The molecule has 0 saturated carbocycles. The molecule has 21 heavy (non-hydrogen) atoms. The molecule has 1 rings (SSSR count). The molecule has 0 atom stereocenters. The van der Waals surface area contributed by atoms with E-state index in [1.165, 1.54) is 16.2 Å². The Kier molecular flexibility index (Phi) is 7.45. The first-order chi connectivity index (χ1) is 10.0. The maximum absolute atomic E-state index is 11.8. The van der Waals surface area contributed by atoms with Crippen molar-refractivity contribution in [2.45, 2.75) is 25.7 Å². The number of carboxylic acid groups (broad SMARTS) is 1. The zero-order valence-corrected chi connectivity index (χ0v) is 12.8. The van der Waals surface area contributed by atoms with Crippen LogP contribution in [0.4, 0.5) is 0 Å². The first kappa shape index (κ1) is 17.2. The molecule has 6 nitrogen and oxygen atoms in total. The first-order valence-corrected chi connectivity index (χ1v) is 7.66. The molecule has 0 bridgehead atoms. The van der Waals surface area contributed by atoms with Gasteiger partial charge in [-0.25, -0.2) is 0 Å². The van der Waals surface area contributed by atoms with E-state index in [4.69, 9.17) is 5.11 Å². The quantitative estimate of drug-likeness (QED) is 0.678. The lowest BCUT2D eigenvalue weighted by molar-refractivity contribution is -0.138. The largest absolute Gasteiger partial charge is 0.481 e. The molecule has 0 aliphatic heterocycles. The fourth-order valence-corrected chi connectivity index (χ4v) is 2.36. The minimum atomic E-state index is -0.855. The van der Waals surface area contributed by atoms with Crippen LogP contribution in [0.1, 0.15) is 35.4 Å².